The van der Waals surface area contributed by atoms with E-state index in [1.165, 1.54) is 0 Å². The van der Waals surface area contributed by atoms with Crippen LogP contribution in [-0.4, -0.2) is 28.8 Å². The van der Waals surface area contributed by atoms with Gasteiger partial charge in [-0.2, -0.15) is 0 Å². The fourth-order valence-electron chi connectivity index (χ4n) is 4.67. The third-order valence-corrected chi connectivity index (χ3v) is 7.27. The maximum atomic E-state index is 13.9. The lowest BCUT2D eigenvalue weighted by Crippen LogP contribution is -2.51. The van der Waals surface area contributed by atoms with Gasteiger partial charge in [-0.25, -0.2) is 0 Å². The van der Waals surface area contributed by atoms with Gasteiger partial charge < -0.3 is 10.2 Å². The number of rotatable bonds is 10. The molecule has 0 radical (unpaired) electrons. The van der Waals surface area contributed by atoms with Crippen molar-refractivity contribution in [2.45, 2.75) is 51.7 Å². The van der Waals surface area contributed by atoms with Crippen LogP contribution in [0.3, 0.4) is 0 Å². The Morgan fingerprint density at radius 3 is 2.26 bits per heavy atom. The van der Waals surface area contributed by atoms with Crippen LogP contribution in [0.2, 0.25) is 10.0 Å². The first-order chi connectivity index (χ1) is 18.3. The molecular formula is C32H32Cl2N2O2. The number of halogens is 2. The zero-order valence-electron chi connectivity index (χ0n) is 21.7. The highest BCUT2D eigenvalue weighted by Gasteiger charge is 2.30. The molecule has 0 aromatic heterocycles. The smallest absolute Gasteiger partial charge is 0.243 e. The molecule has 2 amide bonds. The number of hydrogen-bond donors (Lipinski definition) is 1. The maximum Gasteiger partial charge on any atom is 0.243 e. The van der Waals surface area contributed by atoms with E-state index in [-0.39, 0.29) is 30.8 Å². The van der Waals surface area contributed by atoms with Crippen LogP contribution in [0, 0.1) is 0 Å². The van der Waals surface area contributed by atoms with Crippen molar-refractivity contribution in [3.8, 4) is 0 Å². The summed E-state index contributed by atoms with van der Waals surface area (Å²) in [4.78, 5) is 29.1. The Kier molecular flexibility index (Phi) is 9.43. The Balaban J connectivity index is 1.66. The van der Waals surface area contributed by atoms with Crippen LogP contribution in [0.25, 0.3) is 10.8 Å². The molecule has 4 aromatic carbocycles. The van der Waals surface area contributed by atoms with Crippen LogP contribution in [0.15, 0.2) is 91.0 Å². The van der Waals surface area contributed by atoms with Gasteiger partial charge in [-0.05, 0) is 59.9 Å². The zero-order chi connectivity index (χ0) is 27.1. The topological polar surface area (TPSA) is 49.4 Å². The zero-order valence-corrected chi connectivity index (χ0v) is 23.2. The fourth-order valence-corrected chi connectivity index (χ4v) is 4.99. The van der Waals surface area contributed by atoms with E-state index in [1.807, 2.05) is 68.4 Å². The number of carbonyl (C=O) groups excluding carboxylic acids is 2. The summed E-state index contributed by atoms with van der Waals surface area (Å²) >= 11 is 12.4. The predicted octanol–water partition coefficient (Wildman–Crippen LogP) is 7.24. The van der Waals surface area contributed by atoms with E-state index in [2.05, 4.69) is 29.6 Å². The number of nitrogens with one attached hydrogen (secondary N) is 1. The summed E-state index contributed by atoms with van der Waals surface area (Å²) in [5.41, 5.74) is 2.91. The third kappa shape index (κ3) is 7.15. The number of benzene rings is 4. The van der Waals surface area contributed by atoms with Crippen molar-refractivity contribution in [2.24, 2.45) is 0 Å². The van der Waals surface area contributed by atoms with Crippen molar-refractivity contribution in [3.63, 3.8) is 0 Å². The summed E-state index contributed by atoms with van der Waals surface area (Å²) in [6.07, 6.45) is 1.25. The maximum absolute atomic E-state index is 13.9. The Morgan fingerprint density at radius 1 is 0.816 bits per heavy atom. The minimum atomic E-state index is -0.686. The van der Waals surface area contributed by atoms with E-state index < -0.39 is 6.04 Å². The normalized spacial score (nSPS) is 11.9. The molecule has 0 saturated carbocycles. The quantitative estimate of drug-likeness (QED) is 0.228. The molecule has 0 heterocycles. The molecule has 0 aliphatic carbocycles. The molecule has 0 saturated heterocycles. The Labute approximate surface area is 234 Å². The van der Waals surface area contributed by atoms with Crippen molar-refractivity contribution in [1.29, 1.82) is 0 Å². The average Bonchev–Trinajstić information content (AvgIpc) is 2.91. The van der Waals surface area contributed by atoms with E-state index >= 15 is 0 Å². The van der Waals surface area contributed by atoms with Gasteiger partial charge in [0.2, 0.25) is 11.8 Å². The van der Waals surface area contributed by atoms with E-state index in [0.29, 0.717) is 22.9 Å². The summed E-state index contributed by atoms with van der Waals surface area (Å²) in [6.45, 7) is 4.08. The third-order valence-electron chi connectivity index (χ3n) is 6.53. The van der Waals surface area contributed by atoms with E-state index in [9.17, 15) is 9.59 Å². The first kappa shape index (κ1) is 27.7. The molecule has 4 nitrogen and oxygen atoms in total. The minimum absolute atomic E-state index is 0.0571. The van der Waals surface area contributed by atoms with Crippen LogP contribution in [0.4, 0.5) is 0 Å². The molecule has 1 unspecified atom stereocenters. The summed E-state index contributed by atoms with van der Waals surface area (Å²) in [7, 11) is 0. The van der Waals surface area contributed by atoms with Gasteiger partial charge in [-0.15, -0.1) is 0 Å². The van der Waals surface area contributed by atoms with Gasteiger partial charge >= 0.3 is 0 Å². The number of fused-ring (bicyclic) bond motifs is 1. The molecule has 0 fully saturated rings. The molecule has 4 aromatic rings. The fraction of sp³-hybridized carbons (Fsp3) is 0.250. The lowest BCUT2D eigenvalue weighted by molar-refractivity contribution is -0.141. The highest BCUT2D eigenvalue weighted by molar-refractivity contribution is 6.42. The molecule has 0 aliphatic heterocycles. The number of aryl methyl sites for hydroxylation is 1. The standard InChI is InChI=1S/C32H32Cl2N2O2/c1-22(2)35-32(38)30(20-23-9-4-3-5-10-23)36(21-24-15-17-28(33)29(34)19-24)31(37)18-16-26-13-8-12-25-11-6-7-14-27(25)26/h3-15,17,19,22,30H,16,18,20-21H2,1-2H3,(H,35,38). The Morgan fingerprint density at radius 2 is 1.53 bits per heavy atom. The number of nitrogens with zero attached hydrogens (tertiary/aromatic N) is 1. The van der Waals surface area contributed by atoms with Crippen LogP contribution < -0.4 is 5.32 Å². The van der Waals surface area contributed by atoms with Gasteiger partial charge in [0.15, 0.2) is 0 Å². The van der Waals surface area contributed by atoms with Crippen LogP contribution in [0.5, 0.6) is 0 Å². The van der Waals surface area contributed by atoms with Crippen molar-refractivity contribution in [2.75, 3.05) is 0 Å². The molecule has 0 spiro atoms. The lowest BCUT2D eigenvalue weighted by atomic mass is 9.99. The first-order valence-corrected chi connectivity index (χ1v) is 13.6. The molecule has 196 valence electrons. The van der Waals surface area contributed by atoms with Gasteiger partial charge in [-0.3, -0.25) is 9.59 Å². The molecule has 1 N–H and O–H groups in total. The first-order valence-electron chi connectivity index (χ1n) is 12.9. The molecule has 6 heteroatoms. The monoisotopic (exact) mass is 546 g/mol. The van der Waals surface area contributed by atoms with Crippen molar-refractivity contribution >= 4 is 45.8 Å². The highest BCUT2D eigenvalue weighted by Crippen LogP contribution is 2.25. The molecule has 1 atom stereocenters. The van der Waals surface area contributed by atoms with Crippen molar-refractivity contribution in [3.05, 3.63) is 118 Å². The largest absolute Gasteiger partial charge is 0.352 e. The summed E-state index contributed by atoms with van der Waals surface area (Å²) < 4.78 is 0. The second kappa shape index (κ2) is 12.9. The summed E-state index contributed by atoms with van der Waals surface area (Å²) in [5, 5.41) is 6.16. The lowest BCUT2D eigenvalue weighted by Gasteiger charge is -2.32. The highest BCUT2D eigenvalue weighted by atomic mass is 35.5. The second-order valence-electron chi connectivity index (χ2n) is 9.78. The van der Waals surface area contributed by atoms with Crippen LogP contribution in [0.1, 0.15) is 37.0 Å². The van der Waals surface area contributed by atoms with Gasteiger partial charge in [0.1, 0.15) is 6.04 Å². The number of hydrogen-bond acceptors (Lipinski definition) is 2. The Hall–Kier alpha value is -3.34. The van der Waals surface area contributed by atoms with Crippen LogP contribution in [-0.2, 0) is 29.0 Å². The molecule has 38 heavy (non-hydrogen) atoms. The van der Waals surface area contributed by atoms with E-state index in [1.54, 1.807) is 17.0 Å². The summed E-state index contributed by atoms with van der Waals surface area (Å²) in [5.74, 6) is -0.272. The van der Waals surface area contributed by atoms with Gasteiger partial charge in [0, 0.05) is 25.4 Å². The molecule has 0 bridgehead atoms. The van der Waals surface area contributed by atoms with E-state index in [4.69, 9.17) is 23.2 Å². The Bertz CT molecular complexity index is 1400. The predicted molar refractivity (Wildman–Crippen MR) is 156 cm³/mol. The van der Waals surface area contributed by atoms with Crippen LogP contribution >= 0.6 is 23.2 Å². The molecular weight excluding hydrogens is 515 g/mol. The SMILES string of the molecule is CC(C)NC(=O)C(Cc1ccccc1)N(Cc1ccc(Cl)c(Cl)c1)C(=O)CCc1cccc2ccccc12. The van der Waals surface area contributed by atoms with Gasteiger partial charge in [-0.1, -0.05) is 102 Å². The van der Waals surface area contributed by atoms with Gasteiger partial charge in [0.25, 0.3) is 0 Å². The summed E-state index contributed by atoms with van der Waals surface area (Å²) in [6, 6.07) is 28.7. The minimum Gasteiger partial charge on any atom is -0.352 e. The molecule has 4 rings (SSSR count). The van der Waals surface area contributed by atoms with E-state index in [0.717, 1.165) is 27.5 Å². The average molecular weight is 548 g/mol. The van der Waals surface area contributed by atoms with Crippen molar-refractivity contribution in [1.82, 2.24) is 10.2 Å². The number of carbonyl (C=O) groups is 2. The molecule has 0 aliphatic rings. The van der Waals surface area contributed by atoms with Gasteiger partial charge in [0.05, 0.1) is 10.0 Å². The van der Waals surface area contributed by atoms with Crippen molar-refractivity contribution < 1.29 is 9.59 Å². The second-order valence-corrected chi connectivity index (χ2v) is 10.6. The number of amides is 2.